The number of fused-ring (bicyclic) bond motifs is 1. The van der Waals surface area contributed by atoms with Gasteiger partial charge in [0.2, 0.25) is 0 Å². The molecule has 0 radical (unpaired) electrons. The molecule has 0 aliphatic carbocycles. The van der Waals surface area contributed by atoms with Gasteiger partial charge in [-0.05, 0) is 12.1 Å². The normalized spacial score (nSPS) is 12.3. The maximum Gasteiger partial charge on any atom is 0.434 e. The van der Waals surface area contributed by atoms with Gasteiger partial charge < -0.3 is 4.40 Å². The SMILES string of the molecule is FC(F)(F)c1cn2cc(Cl)ccc2n1. The average molecular weight is 221 g/mol. The van der Waals surface area contributed by atoms with Crippen LogP contribution in [0.3, 0.4) is 0 Å². The molecule has 0 bridgehead atoms. The Labute approximate surface area is 81.9 Å². The van der Waals surface area contributed by atoms with Crippen LogP contribution < -0.4 is 0 Å². The van der Waals surface area contributed by atoms with Crippen molar-refractivity contribution in [3.8, 4) is 0 Å². The van der Waals surface area contributed by atoms with Gasteiger partial charge in [-0.1, -0.05) is 11.6 Å². The highest BCUT2D eigenvalue weighted by atomic mass is 35.5. The molecular formula is C8H4ClF3N2. The fourth-order valence-electron chi connectivity index (χ4n) is 1.10. The molecule has 0 N–H and O–H groups in total. The number of pyridine rings is 1. The molecule has 6 heteroatoms. The van der Waals surface area contributed by atoms with Gasteiger partial charge in [0.1, 0.15) is 5.65 Å². The Morgan fingerprint density at radius 2 is 1.93 bits per heavy atom. The molecule has 0 saturated carbocycles. The smallest absolute Gasteiger partial charge is 0.305 e. The van der Waals surface area contributed by atoms with E-state index in [0.717, 1.165) is 6.20 Å². The predicted molar refractivity (Wildman–Crippen MR) is 45.2 cm³/mol. The van der Waals surface area contributed by atoms with Crippen LogP contribution in [0.15, 0.2) is 24.5 Å². The van der Waals surface area contributed by atoms with Crippen LogP contribution in [0.1, 0.15) is 5.69 Å². The lowest BCUT2D eigenvalue weighted by Crippen LogP contribution is -2.04. The average Bonchev–Trinajstić information content (AvgIpc) is 2.45. The van der Waals surface area contributed by atoms with Crippen LogP contribution in [0.4, 0.5) is 13.2 Å². The van der Waals surface area contributed by atoms with Crippen LogP contribution in [0, 0.1) is 0 Å². The molecule has 2 nitrogen and oxygen atoms in total. The first-order chi connectivity index (χ1) is 6.47. The fraction of sp³-hybridized carbons (Fsp3) is 0.125. The summed E-state index contributed by atoms with van der Waals surface area (Å²) in [5.74, 6) is 0. The lowest BCUT2D eigenvalue weighted by molar-refractivity contribution is -0.140. The lowest BCUT2D eigenvalue weighted by Gasteiger charge is -1.98. The Hall–Kier alpha value is -1.23. The highest BCUT2D eigenvalue weighted by molar-refractivity contribution is 6.30. The van der Waals surface area contributed by atoms with Crippen molar-refractivity contribution in [2.45, 2.75) is 6.18 Å². The highest BCUT2D eigenvalue weighted by Gasteiger charge is 2.33. The topological polar surface area (TPSA) is 17.3 Å². The second-order valence-corrected chi connectivity index (χ2v) is 3.17. The first kappa shape index (κ1) is 9.33. The van der Waals surface area contributed by atoms with E-state index in [4.69, 9.17) is 11.6 Å². The molecule has 2 aromatic heterocycles. The third kappa shape index (κ3) is 1.55. The van der Waals surface area contributed by atoms with Gasteiger partial charge in [-0.3, -0.25) is 0 Å². The summed E-state index contributed by atoms with van der Waals surface area (Å²) < 4.78 is 37.9. The van der Waals surface area contributed by atoms with E-state index in [0.29, 0.717) is 5.02 Å². The number of aromatic nitrogens is 2. The summed E-state index contributed by atoms with van der Waals surface area (Å²) in [5, 5.41) is 0.364. The Kier molecular flexibility index (Phi) is 1.92. The van der Waals surface area contributed by atoms with Gasteiger partial charge >= 0.3 is 6.18 Å². The summed E-state index contributed by atoms with van der Waals surface area (Å²) in [5.41, 5.74) is -0.693. The number of hydrogen-bond acceptors (Lipinski definition) is 1. The number of hydrogen-bond donors (Lipinski definition) is 0. The van der Waals surface area contributed by atoms with Crippen LogP contribution in [0.2, 0.25) is 5.02 Å². The quantitative estimate of drug-likeness (QED) is 0.667. The van der Waals surface area contributed by atoms with Crippen molar-refractivity contribution in [2.24, 2.45) is 0 Å². The molecule has 2 rings (SSSR count). The van der Waals surface area contributed by atoms with Crippen molar-refractivity contribution >= 4 is 17.2 Å². The monoisotopic (exact) mass is 220 g/mol. The van der Waals surface area contributed by atoms with Gasteiger partial charge in [0.25, 0.3) is 0 Å². The predicted octanol–water partition coefficient (Wildman–Crippen LogP) is 3.01. The standard InChI is InChI=1S/C8H4ClF3N2/c9-5-1-2-7-13-6(8(10,11)12)4-14(7)3-5/h1-4H. The number of imidazole rings is 1. The van der Waals surface area contributed by atoms with Gasteiger partial charge in [-0.15, -0.1) is 0 Å². The van der Waals surface area contributed by atoms with Crippen LogP contribution >= 0.6 is 11.6 Å². The maximum atomic E-state index is 12.2. The van der Waals surface area contributed by atoms with E-state index in [-0.39, 0.29) is 5.65 Å². The first-order valence-corrected chi connectivity index (χ1v) is 4.06. The molecule has 0 amide bonds. The summed E-state index contributed by atoms with van der Waals surface area (Å²) >= 11 is 5.61. The Balaban J connectivity index is 2.63. The van der Waals surface area contributed by atoms with Crippen molar-refractivity contribution in [1.29, 1.82) is 0 Å². The molecule has 0 aliphatic rings. The molecule has 2 aromatic rings. The molecular weight excluding hydrogens is 217 g/mol. The molecule has 14 heavy (non-hydrogen) atoms. The fourth-order valence-corrected chi connectivity index (χ4v) is 1.27. The molecule has 0 spiro atoms. The summed E-state index contributed by atoms with van der Waals surface area (Å²) in [4.78, 5) is 3.40. The molecule has 0 unspecified atom stereocenters. The van der Waals surface area contributed by atoms with Crippen molar-refractivity contribution < 1.29 is 13.2 Å². The van der Waals surface area contributed by atoms with E-state index in [1.165, 1.54) is 22.7 Å². The minimum atomic E-state index is -4.42. The van der Waals surface area contributed by atoms with Crippen molar-refractivity contribution in [2.75, 3.05) is 0 Å². The van der Waals surface area contributed by atoms with Gasteiger partial charge in [-0.25, -0.2) is 4.98 Å². The van der Waals surface area contributed by atoms with E-state index in [1.54, 1.807) is 0 Å². The van der Waals surface area contributed by atoms with Crippen LogP contribution in [0.25, 0.3) is 5.65 Å². The second-order valence-electron chi connectivity index (χ2n) is 2.74. The number of nitrogens with zero attached hydrogens (tertiary/aromatic N) is 2. The summed E-state index contributed by atoms with van der Waals surface area (Å²) in [6.45, 7) is 0. The zero-order chi connectivity index (χ0) is 10.3. The molecule has 0 aliphatic heterocycles. The van der Waals surface area contributed by atoms with Crippen molar-refractivity contribution in [3.05, 3.63) is 35.2 Å². The lowest BCUT2D eigenvalue weighted by atomic mass is 10.5. The first-order valence-electron chi connectivity index (χ1n) is 3.68. The molecule has 0 aromatic carbocycles. The Morgan fingerprint density at radius 3 is 2.57 bits per heavy atom. The van der Waals surface area contributed by atoms with E-state index >= 15 is 0 Å². The van der Waals surface area contributed by atoms with Crippen LogP contribution in [-0.2, 0) is 6.18 Å². The third-order valence-corrected chi connectivity index (χ3v) is 1.93. The summed E-state index contributed by atoms with van der Waals surface area (Å²) in [6, 6.07) is 2.92. The second kappa shape index (κ2) is 2.88. The minimum absolute atomic E-state index is 0.224. The molecule has 0 atom stereocenters. The van der Waals surface area contributed by atoms with E-state index in [1.807, 2.05) is 0 Å². The van der Waals surface area contributed by atoms with Crippen LogP contribution in [-0.4, -0.2) is 9.38 Å². The van der Waals surface area contributed by atoms with Gasteiger partial charge in [-0.2, -0.15) is 13.2 Å². The Morgan fingerprint density at radius 1 is 1.21 bits per heavy atom. The maximum absolute atomic E-state index is 12.2. The van der Waals surface area contributed by atoms with Gasteiger partial charge in [0.15, 0.2) is 5.69 Å². The van der Waals surface area contributed by atoms with E-state index in [9.17, 15) is 13.2 Å². The van der Waals surface area contributed by atoms with E-state index in [2.05, 4.69) is 4.98 Å². The number of alkyl halides is 3. The van der Waals surface area contributed by atoms with Gasteiger partial charge in [0.05, 0.1) is 5.02 Å². The highest BCUT2D eigenvalue weighted by Crippen LogP contribution is 2.28. The molecule has 0 saturated heterocycles. The largest absolute Gasteiger partial charge is 0.434 e. The summed E-state index contributed by atoms with van der Waals surface area (Å²) in [6.07, 6.45) is -2.14. The van der Waals surface area contributed by atoms with Crippen LogP contribution in [0.5, 0.6) is 0 Å². The summed E-state index contributed by atoms with van der Waals surface area (Å²) in [7, 11) is 0. The molecule has 0 fully saturated rings. The van der Waals surface area contributed by atoms with Crippen molar-refractivity contribution in [1.82, 2.24) is 9.38 Å². The Bertz CT molecular complexity index is 475. The molecule has 2 heterocycles. The minimum Gasteiger partial charge on any atom is -0.305 e. The van der Waals surface area contributed by atoms with Crippen molar-refractivity contribution in [3.63, 3.8) is 0 Å². The number of rotatable bonds is 0. The zero-order valence-corrected chi connectivity index (χ0v) is 7.47. The number of halogens is 4. The third-order valence-electron chi connectivity index (χ3n) is 1.71. The molecule has 74 valence electrons. The zero-order valence-electron chi connectivity index (χ0n) is 6.72. The van der Waals surface area contributed by atoms with E-state index < -0.39 is 11.9 Å². The van der Waals surface area contributed by atoms with Gasteiger partial charge in [0, 0.05) is 12.4 Å².